The predicted octanol–water partition coefficient (Wildman–Crippen LogP) is 5.37. The molecule has 44 heavy (non-hydrogen) atoms. The second-order valence-electron chi connectivity index (χ2n) is 10.2. The summed E-state index contributed by atoms with van der Waals surface area (Å²) in [4.78, 5) is 38.8. The zero-order chi connectivity index (χ0) is 31.2. The molecule has 5 aromatic rings. The van der Waals surface area contributed by atoms with Gasteiger partial charge >= 0.3 is 6.18 Å². The smallest absolute Gasteiger partial charge is 0.356 e. The first-order valence-electron chi connectivity index (χ1n) is 13.4. The Labute approximate surface area is 251 Å². The summed E-state index contributed by atoms with van der Waals surface area (Å²) in [5, 5.41) is 10.0. The molecule has 1 aliphatic rings. The molecular formula is C29H22ClF4N7O3. The molecule has 2 aromatic carbocycles. The number of carbonyl (C=O) groups excluding carboxylic acids is 1. The zero-order valence-electron chi connectivity index (χ0n) is 22.9. The first-order valence-corrected chi connectivity index (χ1v) is 13.7. The molecule has 15 heteroatoms. The van der Waals surface area contributed by atoms with E-state index < -0.39 is 35.2 Å². The first kappa shape index (κ1) is 29.2. The normalized spacial score (nSPS) is 15.4. The minimum absolute atomic E-state index is 0.0245. The number of aromatic nitrogens is 5. The summed E-state index contributed by atoms with van der Waals surface area (Å²) < 4.78 is 62.7. The second-order valence-corrected chi connectivity index (χ2v) is 10.6. The Balaban J connectivity index is 1.51. The molecule has 1 unspecified atom stereocenters. The molecule has 226 valence electrons. The third-order valence-electron chi connectivity index (χ3n) is 7.19. The van der Waals surface area contributed by atoms with Crippen LogP contribution < -0.4 is 16.2 Å². The number of alkyl halides is 3. The SMILES string of the molecule is Cc1nc(-c2ccc(-c3cc4cnc(NC5CCNC(=O)C5)nc4n(Cc4c(F)cccc4C(F)(F)F)c3=O)c(Cl)c2)no1. The molecule has 1 saturated heterocycles. The van der Waals surface area contributed by atoms with Crippen molar-refractivity contribution in [2.75, 3.05) is 11.9 Å². The summed E-state index contributed by atoms with van der Waals surface area (Å²) in [5.41, 5.74) is -1.96. The van der Waals surface area contributed by atoms with Crippen molar-refractivity contribution in [2.45, 2.75) is 38.5 Å². The summed E-state index contributed by atoms with van der Waals surface area (Å²) in [6.07, 6.45) is -2.75. The van der Waals surface area contributed by atoms with Crippen LogP contribution in [0.25, 0.3) is 33.5 Å². The minimum Gasteiger partial charge on any atom is -0.356 e. The van der Waals surface area contributed by atoms with Gasteiger partial charge in [0.2, 0.25) is 23.6 Å². The van der Waals surface area contributed by atoms with E-state index in [0.717, 1.165) is 22.8 Å². The van der Waals surface area contributed by atoms with E-state index in [4.69, 9.17) is 16.1 Å². The molecule has 6 rings (SSSR count). The molecule has 1 fully saturated rings. The van der Waals surface area contributed by atoms with Crippen LogP contribution >= 0.6 is 11.6 Å². The average Bonchev–Trinajstić information content (AvgIpc) is 3.41. The zero-order valence-corrected chi connectivity index (χ0v) is 23.6. The number of anilines is 1. The van der Waals surface area contributed by atoms with Crippen LogP contribution in [0.3, 0.4) is 0 Å². The second kappa shape index (κ2) is 11.3. The Morgan fingerprint density at radius 1 is 1.14 bits per heavy atom. The Bertz CT molecular complexity index is 1980. The summed E-state index contributed by atoms with van der Waals surface area (Å²) in [6, 6.07) is 8.45. The number of fused-ring (bicyclic) bond motifs is 1. The van der Waals surface area contributed by atoms with Gasteiger partial charge < -0.3 is 15.2 Å². The van der Waals surface area contributed by atoms with Crippen LogP contribution in [0.5, 0.6) is 0 Å². The maximum atomic E-state index is 15.0. The molecule has 0 bridgehead atoms. The van der Waals surface area contributed by atoms with Gasteiger partial charge in [0.05, 0.1) is 12.1 Å². The summed E-state index contributed by atoms with van der Waals surface area (Å²) >= 11 is 6.60. The highest BCUT2D eigenvalue weighted by Gasteiger charge is 2.35. The maximum absolute atomic E-state index is 15.0. The van der Waals surface area contributed by atoms with E-state index >= 15 is 0 Å². The van der Waals surface area contributed by atoms with Gasteiger partial charge in [0.1, 0.15) is 11.5 Å². The number of amides is 1. The molecule has 0 spiro atoms. The molecule has 0 radical (unpaired) electrons. The van der Waals surface area contributed by atoms with Crippen LogP contribution in [0.1, 0.15) is 29.9 Å². The number of pyridine rings is 1. The topological polar surface area (TPSA) is 128 Å². The van der Waals surface area contributed by atoms with E-state index in [2.05, 4.69) is 30.7 Å². The predicted molar refractivity (Wildman–Crippen MR) is 152 cm³/mol. The quantitative estimate of drug-likeness (QED) is 0.241. The van der Waals surface area contributed by atoms with Gasteiger partial charge in [-0.05, 0) is 30.7 Å². The van der Waals surface area contributed by atoms with Crippen molar-refractivity contribution in [2.24, 2.45) is 0 Å². The van der Waals surface area contributed by atoms with Gasteiger partial charge in [0.15, 0.2) is 0 Å². The van der Waals surface area contributed by atoms with Crippen LogP contribution in [0.15, 0.2) is 58.0 Å². The van der Waals surface area contributed by atoms with Gasteiger partial charge in [-0.25, -0.2) is 9.37 Å². The van der Waals surface area contributed by atoms with Gasteiger partial charge in [-0.15, -0.1) is 0 Å². The minimum atomic E-state index is -4.88. The molecular weight excluding hydrogens is 606 g/mol. The largest absolute Gasteiger partial charge is 0.416 e. The van der Waals surface area contributed by atoms with Crippen LogP contribution in [0, 0.1) is 12.7 Å². The van der Waals surface area contributed by atoms with Crippen LogP contribution in [-0.2, 0) is 17.5 Å². The van der Waals surface area contributed by atoms with Gasteiger partial charge in [-0.2, -0.15) is 23.1 Å². The maximum Gasteiger partial charge on any atom is 0.416 e. The number of piperidine rings is 1. The lowest BCUT2D eigenvalue weighted by Crippen LogP contribution is -2.40. The fourth-order valence-electron chi connectivity index (χ4n) is 5.09. The average molecular weight is 628 g/mol. The van der Waals surface area contributed by atoms with E-state index in [1.165, 1.54) is 18.3 Å². The van der Waals surface area contributed by atoms with Gasteiger partial charge in [0.25, 0.3) is 5.56 Å². The van der Waals surface area contributed by atoms with Gasteiger partial charge in [0, 0.05) is 64.8 Å². The van der Waals surface area contributed by atoms with Crippen molar-refractivity contribution >= 4 is 34.5 Å². The number of aryl methyl sites for hydroxylation is 1. The monoisotopic (exact) mass is 627 g/mol. The number of hydrogen-bond acceptors (Lipinski definition) is 8. The highest BCUT2D eigenvalue weighted by molar-refractivity contribution is 6.33. The highest BCUT2D eigenvalue weighted by Crippen LogP contribution is 2.35. The van der Waals surface area contributed by atoms with Crippen molar-refractivity contribution in [1.82, 2.24) is 30.0 Å². The fraction of sp³-hybridized carbons (Fsp3) is 0.241. The number of nitrogens with one attached hydrogen (secondary N) is 2. The van der Waals surface area contributed by atoms with E-state index in [0.29, 0.717) is 24.4 Å². The van der Waals surface area contributed by atoms with E-state index in [1.807, 2.05) is 0 Å². The van der Waals surface area contributed by atoms with E-state index in [1.54, 1.807) is 19.1 Å². The summed E-state index contributed by atoms with van der Waals surface area (Å²) in [5.74, 6) is -0.628. The Kier molecular flexibility index (Phi) is 7.53. The lowest BCUT2D eigenvalue weighted by atomic mass is 10.0. The summed E-state index contributed by atoms with van der Waals surface area (Å²) in [7, 11) is 0. The standard InChI is InChI=1S/C29H22ClF4N7O3/c1-14-37-25(40-44-14)15-5-6-18(22(30)10-15)19-9-16-12-36-28(38-17-7-8-35-24(42)11-17)39-26(16)41(27(19)43)13-20-21(29(32,33)34)3-2-4-23(20)31/h2-6,9-10,12,17H,7-8,11,13H2,1H3,(H,35,42)(H,36,38,39). The molecule has 2 N–H and O–H groups in total. The van der Waals surface area contributed by atoms with Gasteiger partial charge in [-0.1, -0.05) is 35.0 Å². The molecule has 0 aliphatic carbocycles. The molecule has 1 atom stereocenters. The van der Waals surface area contributed by atoms with Crippen molar-refractivity contribution in [1.29, 1.82) is 0 Å². The molecule has 1 aliphatic heterocycles. The highest BCUT2D eigenvalue weighted by atomic mass is 35.5. The molecule has 1 amide bonds. The lowest BCUT2D eigenvalue weighted by molar-refractivity contribution is -0.138. The lowest BCUT2D eigenvalue weighted by Gasteiger charge is -2.23. The Morgan fingerprint density at radius 3 is 2.66 bits per heavy atom. The third-order valence-corrected chi connectivity index (χ3v) is 7.51. The Hall–Kier alpha value is -4.85. The number of nitrogens with zero attached hydrogens (tertiary/aromatic N) is 5. The number of carbonyl (C=O) groups is 1. The number of rotatable bonds is 6. The first-order chi connectivity index (χ1) is 21.0. The molecule has 10 nitrogen and oxygen atoms in total. The van der Waals surface area contributed by atoms with E-state index in [9.17, 15) is 27.2 Å². The third kappa shape index (κ3) is 5.72. The Morgan fingerprint density at radius 2 is 1.95 bits per heavy atom. The fourth-order valence-corrected chi connectivity index (χ4v) is 5.37. The van der Waals surface area contributed by atoms with Crippen LogP contribution in [-0.4, -0.2) is 43.2 Å². The van der Waals surface area contributed by atoms with Crippen LogP contribution in [0.4, 0.5) is 23.5 Å². The van der Waals surface area contributed by atoms with Crippen molar-refractivity contribution in [3.63, 3.8) is 0 Å². The van der Waals surface area contributed by atoms with Crippen molar-refractivity contribution in [3.05, 3.63) is 86.9 Å². The van der Waals surface area contributed by atoms with E-state index in [-0.39, 0.29) is 57.3 Å². The molecule has 0 saturated carbocycles. The number of hydrogen-bond donors (Lipinski definition) is 2. The van der Waals surface area contributed by atoms with Crippen molar-refractivity contribution < 1.29 is 26.9 Å². The van der Waals surface area contributed by atoms with Crippen molar-refractivity contribution in [3.8, 4) is 22.5 Å². The van der Waals surface area contributed by atoms with Crippen LogP contribution in [0.2, 0.25) is 5.02 Å². The molecule has 4 heterocycles. The van der Waals surface area contributed by atoms with Gasteiger partial charge in [-0.3, -0.25) is 14.2 Å². The summed E-state index contributed by atoms with van der Waals surface area (Å²) in [6.45, 7) is 1.28. The number of halogens is 5. The number of benzene rings is 2. The molecule has 3 aromatic heterocycles.